The second kappa shape index (κ2) is 7.47. The van der Waals surface area contributed by atoms with Crippen molar-refractivity contribution >= 4 is 5.91 Å². The van der Waals surface area contributed by atoms with Gasteiger partial charge >= 0.3 is 0 Å². The topological polar surface area (TPSA) is 49.6 Å². The number of rotatable bonds is 4. The monoisotopic (exact) mass is 419 g/mol. The molecule has 164 valence electrons. The summed E-state index contributed by atoms with van der Waals surface area (Å²) >= 11 is 0. The number of hydrogen-bond acceptors (Lipinski definition) is 4. The van der Waals surface area contributed by atoms with Gasteiger partial charge in [0.1, 0.15) is 5.76 Å². The van der Waals surface area contributed by atoms with Crippen LogP contribution in [0.1, 0.15) is 50.0 Å². The summed E-state index contributed by atoms with van der Waals surface area (Å²) in [5, 5.41) is 0. The molecular formula is C26H33N3O2. The molecule has 5 nitrogen and oxygen atoms in total. The van der Waals surface area contributed by atoms with Gasteiger partial charge in [-0.3, -0.25) is 9.69 Å². The fraction of sp³-hybridized carbons (Fsp3) is 0.615. The first-order valence-electron chi connectivity index (χ1n) is 12.1. The Kier molecular flexibility index (Phi) is 4.71. The van der Waals surface area contributed by atoms with Crippen LogP contribution in [-0.4, -0.2) is 46.9 Å². The highest BCUT2D eigenvalue weighted by atomic mass is 16.4. The zero-order chi connectivity index (χ0) is 21.0. The average Bonchev–Trinajstić information content (AvgIpc) is 3.14. The van der Waals surface area contributed by atoms with E-state index in [1.54, 1.807) is 0 Å². The van der Waals surface area contributed by atoms with Gasteiger partial charge in [-0.2, -0.15) is 0 Å². The van der Waals surface area contributed by atoms with Gasteiger partial charge in [-0.1, -0.05) is 18.2 Å². The van der Waals surface area contributed by atoms with Crippen molar-refractivity contribution in [3.05, 3.63) is 41.8 Å². The molecule has 7 rings (SSSR count). The van der Waals surface area contributed by atoms with Gasteiger partial charge in [0, 0.05) is 38.3 Å². The number of oxazole rings is 1. The summed E-state index contributed by atoms with van der Waals surface area (Å²) in [6, 6.07) is 10.1. The van der Waals surface area contributed by atoms with E-state index in [4.69, 9.17) is 9.40 Å². The number of carbonyl (C=O) groups is 1. The molecule has 0 radical (unpaired) electrons. The van der Waals surface area contributed by atoms with E-state index in [1.165, 1.54) is 38.5 Å². The van der Waals surface area contributed by atoms with E-state index in [9.17, 15) is 4.79 Å². The molecule has 5 fully saturated rings. The van der Waals surface area contributed by atoms with Gasteiger partial charge in [0.25, 0.3) is 0 Å². The third kappa shape index (κ3) is 3.51. The fourth-order valence-corrected chi connectivity index (χ4v) is 7.31. The summed E-state index contributed by atoms with van der Waals surface area (Å²) in [7, 11) is 0. The number of hydrogen-bond donors (Lipinski definition) is 0. The molecule has 4 aliphatic carbocycles. The molecule has 5 aliphatic rings. The summed E-state index contributed by atoms with van der Waals surface area (Å²) in [5.41, 5.74) is 2.02. The predicted octanol–water partition coefficient (Wildman–Crippen LogP) is 4.51. The van der Waals surface area contributed by atoms with E-state index < -0.39 is 0 Å². The van der Waals surface area contributed by atoms with Crippen LogP contribution in [-0.2, 0) is 11.3 Å². The van der Waals surface area contributed by atoms with E-state index in [0.29, 0.717) is 11.8 Å². The lowest BCUT2D eigenvalue weighted by Gasteiger charge is -2.57. The van der Waals surface area contributed by atoms with Crippen molar-refractivity contribution in [3.8, 4) is 11.5 Å². The molecule has 1 aliphatic heterocycles. The SMILES string of the molecule is Cc1oc(-c2ccccc2)nc1CN1CCN(C(=O)C23CC4CC(CC(C4)C2)C3)CC1. The number of carbonyl (C=O) groups excluding carboxylic acids is 1. The van der Waals surface area contributed by atoms with E-state index >= 15 is 0 Å². The van der Waals surface area contributed by atoms with Crippen molar-refractivity contribution < 1.29 is 9.21 Å². The molecule has 0 unspecified atom stereocenters. The molecule has 0 spiro atoms. The van der Waals surface area contributed by atoms with Gasteiger partial charge in [0.05, 0.1) is 11.1 Å². The Morgan fingerprint density at radius 1 is 1.00 bits per heavy atom. The van der Waals surface area contributed by atoms with Crippen LogP contribution in [0, 0.1) is 30.1 Å². The molecular weight excluding hydrogens is 386 g/mol. The Morgan fingerprint density at radius 2 is 1.61 bits per heavy atom. The smallest absolute Gasteiger partial charge is 0.228 e. The average molecular weight is 420 g/mol. The van der Waals surface area contributed by atoms with Crippen molar-refractivity contribution in [1.82, 2.24) is 14.8 Å². The second-order valence-electron chi connectivity index (χ2n) is 10.7. The van der Waals surface area contributed by atoms with Gasteiger partial charge in [0.15, 0.2) is 0 Å². The van der Waals surface area contributed by atoms with Gasteiger partial charge in [-0.25, -0.2) is 4.98 Å². The molecule has 0 N–H and O–H groups in total. The van der Waals surface area contributed by atoms with Crippen molar-refractivity contribution in [3.63, 3.8) is 0 Å². The number of nitrogens with zero attached hydrogens (tertiary/aromatic N) is 3. The summed E-state index contributed by atoms with van der Waals surface area (Å²) < 4.78 is 5.94. The normalized spacial score (nSPS) is 32.5. The Labute approximate surface area is 184 Å². The Hall–Kier alpha value is -2.14. The minimum absolute atomic E-state index is 0.00972. The summed E-state index contributed by atoms with van der Waals surface area (Å²) in [5.74, 6) is 4.55. The highest BCUT2D eigenvalue weighted by Gasteiger charge is 2.55. The summed E-state index contributed by atoms with van der Waals surface area (Å²) in [4.78, 5) is 23.0. The molecule has 31 heavy (non-hydrogen) atoms. The lowest BCUT2D eigenvalue weighted by Crippen LogP contribution is -2.58. The van der Waals surface area contributed by atoms with Crippen molar-refractivity contribution in [2.75, 3.05) is 26.2 Å². The van der Waals surface area contributed by atoms with Crippen LogP contribution < -0.4 is 0 Å². The first kappa shape index (κ1) is 19.5. The van der Waals surface area contributed by atoms with Crippen LogP contribution >= 0.6 is 0 Å². The van der Waals surface area contributed by atoms with Crippen LogP contribution in [0.3, 0.4) is 0 Å². The largest absolute Gasteiger partial charge is 0.441 e. The molecule has 5 heteroatoms. The third-order valence-electron chi connectivity index (χ3n) is 8.44. The molecule has 4 saturated carbocycles. The first-order chi connectivity index (χ1) is 15.1. The van der Waals surface area contributed by atoms with E-state index in [0.717, 1.165) is 67.5 Å². The van der Waals surface area contributed by atoms with Gasteiger partial charge in [0.2, 0.25) is 11.8 Å². The van der Waals surface area contributed by atoms with Gasteiger partial charge < -0.3 is 9.32 Å². The predicted molar refractivity (Wildman–Crippen MR) is 119 cm³/mol. The molecule has 1 amide bonds. The quantitative estimate of drug-likeness (QED) is 0.732. The lowest BCUT2D eigenvalue weighted by atomic mass is 9.49. The molecule has 1 saturated heterocycles. The molecule has 0 atom stereocenters. The van der Waals surface area contributed by atoms with Crippen molar-refractivity contribution in [2.45, 2.75) is 52.0 Å². The fourth-order valence-electron chi connectivity index (χ4n) is 7.31. The summed E-state index contributed by atoms with van der Waals surface area (Å²) in [6.45, 7) is 6.34. The van der Waals surface area contributed by atoms with E-state index in [1.807, 2.05) is 37.3 Å². The van der Waals surface area contributed by atoms with Crippen LogP contribution in [0.15, 0.2) is 34.7 Å². The Morgan fingerprint density at radius 3 is 2.23 bits per heavy atom. The van der Waals surface area contributed by atoms with Crippen LogP contribution in [0.25, 0.3) is 11.5 Å². The zero-order valence-corrected chi connectivity index (χ0v) is 18.6. The lowest BCUT2D eigenvalue weighted by molar-refractivity contribution is -0.159. The summed E-state index contributed by atoms with van der Waals surface area (Å²) in [6.07, 6.45) is 7.67. The number of amides is 1. The Bertz CT molecular complexity index is 923. The van der Waals surface area contributed by atoms with Gasteiger partial charge in [-0.05, 0) is 75.3 Å². The minimum Gasteiger partial charge on any atom is -0.441 e. The van der Waals surface area contributed by atoms with Crippen LogP contribution in [0.5, 0.6) is 0 Å². The highest BCUT2D eigenvalue weighted by molar-refractivity contribution is 5.83. The second-order valence-corrected chi connectivity index (χ2v) is 10.7. The maximum Gasteiger partial charge on any atom is 0.228 e. The molecule has 4 bridgehead atoms. The number of aromatic nitrogens is 1. The highest BCUT2D eigenvalue weighted by Crippen LogP contribution is 2.60. The van der Waals surface area contributed by atoms with E-state index in [-0.39, 0.29) is 5.41 Å². The molecule has 1 aromatic heterocycles. The third-order valence-corrected chi connectivity index (χ3v) is 8.44. The minimum atomic E-state index is -0.00972. The van der Waals surface area contributed by atoms with Gasteiger partial charge in [-0.15, -0.1) is 0 Å². The zero-order valence-electron chi connectivity index (χ0n) is 18.6. The maximum absolute atomic E-state index is 13.6. The molecule has 1 aromatic carbocycles. The van der Waals surface area contributed by atoms with E-state index in [2.05, 4.69) is 9.80 Å². The number of piperazine rings is 1. The standard InChI is InChI=1S/C26H33N3O2/c1-18-23(27-24(31-18)22-5-3-2-4-6-22)17-28-7-9-29(10-8-28)25(30)26-14-19-11-20(15-26)13-21(12-19)16-26/h2-6,19-21H,7-17H2,1H3. The maximum atomic E-state index is 13.6. The Balaban J connectivity index is 1.09. The van der Waals surface area contributed by atoms with Crippen LogP contribution in [0.2, 0.25) is 0 Å². The molecule has 2 heterocycles. The first-order valence-corrected chi connectivity index (χ1v) is 12.1. The molecule has 2 aromatic rings. The number of benzene rings is 1. The van der Waals surface area contributed by atoms with Crippen molar-refractivity contribution in [2.24, 2.45) is 23.2 Å². The number of aryl methyl sites for hydroxylation is 1. The van der Waals surface area contributed by atoms with Crippen molar-refractivity contribution in [1.29, 1.82) is 0 Å². The van der Waals surface area contributed by atoms with Crippen LogP contribution in [0.4, 0.5) is 0 Å².